The second-order valence-electron chi connectivity index (χ2n) is 6.52. The quantitative estimate of drug-likeness (QED) is 0.312. The molecule has 0 aliphatic heterocycles. The minimum absolute atomic E-state index is 0.295. The van der Waals surface area contributed by atoms with Gasteiger partial charge in [0.2, 0.25) is 0 Å². The van der Waals surface area contributed by atoms with Gasteiger partial charge < -0.3 is 9.47 Å². The Balaban J connectivity index is 1.44. The van der Waals surface area contributed by atoms with Crippen LogP contribution in [0.2, 0.25) is 0 Å². The van der Waals surface area contributed by atoms with Crippen LogP contribution in [-0.2, 0) is 6.42 Å². The van der Waals surface area contributed by atoms with Gasteiger partial charge >= 0.3 is 0 Å². The number of benzene rings is 2. The lowest BCUT2D eigenvalue weighted by molar-refractivity contribution is 0.0955. The van der Waals surface area contributed by atoms with Crippen LogP contribution < -0.4 is 14.9 Å². The molecule has 1 heterocycles. The van der Waals surface area contributed by atoms with Crippen LogP contribution in [0.3, 0.4) is 0 Å². The molecule has 0 unspecified atom stereocenters. The molecule has 1 amide bonds. The van der Waals surface area contributed by atoms with Crippen LogP contribution in [0.15, 0.2) is 78.2 Å². The molecule has 0 saturated heterocycles. The average molecular weight is 403 g/mol. The van der Waals surface area contributed by atoms with E-state index in [9.17, 15) is 4.79 Å². The molecule has 3 aromatic rings. The number of pyridine rings is 1. The van der Waals surface area contributed by atoms with Gasteiger partial charge in [0.1, 0.15) is 11.5 Å². The number of carbonyl (C=O) groups excluding carboxylic acids is 1. The normalized spacial score (nSPS) is 10.7. The van der Waals surface area contributed by atoms with Crippen molar-refractivity contribution in [3.8, 4) is 11.5 Å². The van der Waals surface area contributed by atoms with E-state index >= 15 is 0 Å². The lowest BCUT2D eigenvalue weighted by Gasteiger charge is -2.10. The zero-order valence-corrected chi connectivity index (χ0v) is 17.0. The van der Waals surface area contributed by atoms with Gasteiger partial charge in [-0.3, -0.25) is 9.78 Å². The number of rotatable bonds is 10. The highest BCUT2D eigenvalue weighted by Crippen LogP contribution is 2.16. The lowest BCUT2D eigenvalue weighted by atomic mass is 10.2. The molecular weight excluding hydrogens is 378 g/mol. The minimum atomic E-state index is -0.295. The van der Waals surface area contributed by atoms with Crippen molar-refractivity contribution in [1.82, 2.24) is 10.4 Å². The van der Waals surface area contributed by atoms with E-state index in [2.05, 4.69) is 34.6 Å². The summed E-state index contributed by atoms with van der Waals surface area (Å²) >= 11 is 0. The molecule has 0 fully saturated rings. The van der Waals surface area contributed by atoms with E-state index in [1.165, 1.54) is 5.56 Å². The molecular formula is C24H25N3O3. The molecule has 6 heteroatoms. The van der Waals surface area contributed by atoms with Crippen LogP contribution in [0, 0.1) is 0 Å². The first-order valence-electron chi connectivity index (χ1n) is 9.93. The third-order valence-corrected chi connectivity index (χ3v) is 4.38. The number of aryl methyl sites for hydroxylation is 1. The molecule has 0 atom stereocenters. The maximum absolute atomic E-state index is 12.0. The van der Waals surface area contributed by atoms with E-state index in [0.29, 0.717) is 24.5 Å². The van der Waals surface area contributed by atoms with Crippen molar-refractivity contribution in [1.29, 1.82) is 0 Å². The van der Waals surface area contributed by atoms with Crippen LogP contribution in [0.25, 0.3) is 0 Å². The first kappa shape index (κ1) is 21.0. The molecule has 0 aliphatic carbocycles. The number of para-hydroxylation sites is 1. The van der Waals surface area contributed by atoms with Crippen LogP contribution >= 0.6 is 0 Å². The average Bonchev–Trinajstić information content (AvgIpc) is 2.80. The number of ether oxygens (including phenoxy) is 2. The highest BCUT2D eigenvalue weighted by atomic mass is 16.5. The van der Waals surface area contributed by atoms with E-state index in [4.69, 9.17) is 9.47 Å². The molecule has 154 valence electrons. The van der Waals surface area contributed by atoms with Crippen LogP contribution in [0.1, 0.15) is 34.8 Å². The Morgan fingerprint density at radius 2 is 1.73 bits per heavy atom. The number of hydrogen-bond donors (Lipinski definition) is 1. The summed E-state index contributed by atoms with van der Waals surface area (Å²) in [6, 6.07) is 18.9. The molecule has 30 heavy (non-hydrogen) atoms. The van der Waals surface area contributed by atoms with Gasteiger partial charge in [0, 0.05) is 29.9 Å². The third-order valence-electron chi connectivity index (χ3n) is 4.38. The Kier molecular flexibility index (Phi) is 7.97. The topological polar surface area (TPSA) is 72.8 Å². The maximum Gasteiger partial charge on any atom is 0.271 e. The van der Waals surface area contributed by atoms with Gasteiger partial charge in [0.25, 0.3) is 5.91 Å². The van der Waals surface area contributed by atoms with Gasteiger partial charge in [-0.1, -0.05) is 31.2 Å². The third kappa shape index (κ3) is 6.44. The molecule has 0 radical (unpaired) electrons. The van der Waals surface area contributed by atoms with Crippen molar-refractivity contribution in [2.75, 3.05) is 13.2 Å². The standard InChI is InChI=1S/C24H25N3O3/c1-2-19-8-10-22(11-9-19)29-16-5-17-30-23-7-4-3-6-21(23)18-26-27-24(28)20-12-14-25-15-13-20/h3-4,6-15,18H,2,5,16-17H2,1H3,(H,27,28). The molecule has 2 aromatic carbocycles. The predicted octanol–water partition coefficient (Wildman–Crippen LogP) is 4.26. The number of carbonyl (C=O) groups is 1. The van der Waals surface area contributed by atoms with Crippen molar-refractivity contribution < 1.29 is 14.3 Å². The number of hydrogen-bond acceptors (Lipinski definition) is 5. The number of hydrazone groups is 1. The van der Waals surface area contributed by atoms with Crippen molar-refractivity contribution in [2.45, 2.75) is 19.8 Å². The van der Waals surface area contributed by atoms with Gasteiger partial charge in [0.05, 0.1) is 19.4 Å². The van der Waals surface area contributed by atoms with E-state index in [1.807, 2.05) is 36.4 Å². The van der Waals surface area contributed by atoms with Crippen molar-refractivity contribution in [2.24, 2.45) is 5.10 Å². The van der Waals surface area contributed by atoms with E-state index in [0.717, 1.165) is 24.2 Å². The smallest absolute Gasteiger partial charge is 0.271 e. The molecule has 0 spiro atoms. The zero-order valence-electron chi connectivity index (χ0n) is 17.0. The summed E-state index contributed by atoms with van der Waals surface area (Å²) in [5.74, 6) is 1.27. The Hall–Kier alpha value is -3.67. The second-order valence-corrected chi connectivity index (χ2v) is 6.52. The molecule has 0 aliphatic rings. The summed E-state index contributed by atoms with van der Waals surface area (Å²) in [6.07, 6.45) is 6.46. The summed E-state index contributed by atoms with van der Waals surface area (Å²) < 4.78 is 11.6. The van der Waals surface area contributed by atoms with Gasteiger partial charge in [-0.05, 0) is 48.4 Å². The van der Waals surface area contributed by atoms with Gasteiger partial charge in [-0.15, -0.1) is 0 Å². The Labute approximate surface area is 176 Å². The highest BCUT2D eigenvalue weighted by Gasteiger charge is 2.04. The fraction of sp³-hybridized carbons (Fsp3) is 0.208. The summed E-state index contributed by atoms with van der Waals surface area (Å²) in [6.45, 7) is 3.22. The predicted molar refractivity (Wildman–Crippen MR) is 117 cm³/mol. The molecule has 6 nitrogen and oxygen atoms in total. The van der Waals surface area contributed by atoms with Crippen LogP contribution in [0.5, 0.6) is 11.5 Å². The largest absolute Gasteiger partial charge is 0.493 e. The Morgan fingerprint density at radius 3 is 2.50 bits per heavy atom. The van der Waals surface area contributed by atoms with E-state index in [1.54, 1.807) is 30.7 Å². The lowest BCUT2D eigenvalue weighted by Crippen LogP contribution is -2.17. The van der Waals surface area contributed by atoms with Crippen molar-refractivity contribution >= 4 is 12.1 Å². The first-order valence-corrected chi connectivity index (χ1v) is 9.93. The van der Waals surface area contributed by atoms with Gasteiger partial charge in [0.15, 0.2) is 0 Å². The Morgan fingerprint density at radius 1 is 1.00 bits per heavy atom. The molecule has 0 bridgehead atoms. The van der Waals surface area contributed by atoms with E-state index in [-0.39, 0.29) is 5.91 Å². The minimum Gasteiger partial charge on any atom is -0.493 e. The number of nitrogens with zero attached hydrogens (tertiary/aromatic N) is 2. The van der Waals surface area contributed by atoms with Gasteiger partial charge in [-0.2, -0.15) is 5.10 Å². The first-order chi connectivity index (χ1) is 14.8. The molecule has 0 saturated carbocycles. The summed E-state index contributed by atoms with van der Waals surface area (Å²) in [5, 5.41) is 4.03. The highest BCUT2D eigenvalue weighted by molar-refractivity contribution is 5.94. The summed E-state index contributed by atoms with van der Waals surface area (Å²) in [5.41, 5.74) is 5.07. The zero-order chi connectivity index (χ0) is 21.0. The molecule has 3 rings (SSSR count). The Bertz CT molecular complexity index is 957. The number of amides is 1. The fourth-order valence-corrected chi connectivity index (χ4v) is 2.70. The van der Waals surface area contributed by atoms with Crippen LogP contribution in [0.4, 0.5) is 0 Å². The maximum atomic E-state index is 12.0. The number of aromatic nitrogens is 1. The number of nitrogens with one attached hydrogen (secondary N) is 1. The van der Waals surface area contributed by atoms with Crippen molar-refractivity contribution in [3.05, 3.63) is 89.7 Å². The van der Waals surface area contributed by atoms with Gasteiger partial charge in [-0.25, -0.2) is 5.43 Å². The summed E-state index contributed by atoms with van der Waals surface area (Å²) in [4.78, 5) is 15.9. The summed E-state index contributed by atoms with van der Waals surface area (Å²) in [7, 11) is 0. The monoisotopic (exact) mass is 403 g/mol. The van der Waals surface area contributed by atoms with Crippen LogP contribution in [-0.4, -0.2) is 30.3 Å². The van der Waals surface area contributed by atoms with E-state index < -0.39 is 0 Å². The fourth-order valence-electron chi connectivity index (χ4n) is 2.70. The molecule has 1 aromatic heterocycles. The second kappa shape index (κ2) is 11.4. The van der Waals surface area contributed by atoms with Crippen molar-refractivity contribution in [3.63, 3.8) is 0 Å². The molecule has 1 N–H and O–H groups in total. The SMILES string of the molecule is CCc1ccc(OCCCOc2ccccc2C=NNC(=O)c2ccncc2)cc1.